The molecular weight excluding hydrogens is 393 g/mol. The normalized spacial score (nSPS) is 15.2. The predicted octanol–water partition coefficient (Wildman–Crippen LogP) is 2.91. The van der Waals surface area contributed by atoms with E-state index in [1.54, 1.807) is 24.1 Å². The van der Waals surface area contributed by atoms with Gasteiger partial charge in [0.15, 0.2) is 18.1 Å². The maximum atomic E-state index is 13.3. The van der Waals surface area contributed by atoms with Gasteiger partial charge in [-0.05, 0) is 41.8 Å². The monoisotopic (exact) mass is 417 g/mol. The summed E-state index contributed by atoms with van der Waals surface area (Å²) in [5.74, 6) is 0.159. The fraction of sp³-hybridized carbons (Fsp3) is 0.364. The Hall–Kier alpha value is -3.29. The highest BCUT2D eigenvalue weighted by atomic mass is 19.1. The van der Waals surface area contributed by atoms with Crippen LogP contribution in [0.2, 0.25) is 0 Å². The van der Waals surface area contributed by atoms with E-state index in [0.717, 1.165) is 11.1 Å². The Kier molecular flexibility index (Phi) is 6.76. The van der Waals surface area contributed by atoms with Crippen molar-refractivity contribution in [1.29, 1.82) is 0 Å². The van der Waals surface area contributed by atoms with E-state index in [1.165, 1.54) is 32.4 Å². The Morgan fingerprint density at radius 3 is 2.50 bits per heavy atom. The number of esters is 1. The van der Waals surface area contributed by atoms with Gasteiger partial charge < -0.3 is 23.8 Å². The first kappa shape index (κ1) is 21.4. The van der Waals surface area contributed by atoms with Crippen molar-refractivity contribution in [2.45, 2.75) is 18.9 Å². The van der Waals surface area contributed by atoms with Crippen molar-refractivity contribution in [3.8, 4) is 17.2 Å². The van der Waals surface area contributed by atoms with Gasteiger partial charge in [-0.25, -0.2) is 4.39 Å². The van der Waals surface area contributed by atoms with Crippen molar-refractivity contribution in [2.24, 2.45) is 0 Å². The number of ether oxygens (including phenoxy) is 4. The molecule has 3 rings (SSSR count). The third-order valence-corrected chi connectivity index (χ3v) is 5.07. The van der Waals surface area contributed by atoms with Crippen molar-refractivity contribution in [3.63, 3.8) is 0 Å². The molecule has 1 aliphatic heterocycles. The van der Waals surface area contributed by atoms with Gasteiger partial charge in [0, 0.05) is 12.6 Å². The van der Waals surface area contributed by atoms with E-state index in [9.17, 15) is 14.0 Å². The lowest BCUT2D eigenvalue weighted by atomic mass is 9.90. The molecule has 0 aliphatic carbocycles. The first-order valence-electron chi connectivity index (χ1n) is 9.46. The lowest BCUT2D eigenvalue weighted by Gasteiger charge is -2.37. The minimum atomic E-state index is -0.537. The summed E-state index contributed by atoms with van der Waals surface area (Å²) >= 11 is 0. The summed E-state index contributed by atoms with van der Waals surface area (Å²) < 4.78 is 34.4. The van der Waals surface area contributed by atoms with E-state index >= 15 is 0 Å². The average molecular weight is 417 g/mol. The van der Waals surface area contributed by atoms with Crippen molar-refractivity contribution in [3.05, 3.63) is 53.3 Å². The number of halogens is 1. The highest BCUT2D eigenvalue weighted by Gasteiger charge is 2.34. The summed E-state index contributed by atoms with van der Waals surface area (Å²) in [5.41, 5.74) is 1.76. The Balaban J connectivity index is 1.86. The van der Waals surface area contributed by atoms with Gasteiger partial charge in [-0.1, -0.05) is 6.07 Å². The van der Waals surface area contributed by atoms with Gasteiger partial charge >= 0.3 is 5.97 Å². The molecule has 1 atom stereocenters. The van der Waals surface area contributed by atoms with E-state index in [4.69, 9.17) is 18.9 Å². The van der Waals surface area contributed by atoms with Crippen molar-refractivity contribution < 1.29 is 32.9 Å². The van der Waals surface area contributed by atoms with Crippen LogP contribution in [0.1, 0.15) is 23.6 Å². The van der Waals surface area contributed by atoms with Gasteiger partial charge in [-0.15, -0.1) is 0 Å². The number of methoxy groups -OCH3 is 3. The van der Waals surface area contributed by atoms with Crippen LogP contribution in [0.25, 0.3) is 0 Å². The number of nitrogens with zero attached hydrogens (tertiary/aromatic N) is 1. The standard InChI is InChI=1S/C22H24FNO6/c1-27-19-9-14-7-8-24(21(25)13-30-16-6-4-5-15(23)10-16)18(12-22(26)29-3)17(14)11-20(19)28-2/h4-6,9-11,18H,7-8,12-13H2,1-3H3/t18-/m0/s1. The second-order valence-corrected chi connectivity index (χ2v) is 6.79. The van der Waals surface area contributed by atoms with Crippen LogP contribution in [-0.2, 0) is 20.7 Å². The van der Waals surface area contributed by atoms with Crippen molar-refractivity contribution in [2.75, 3.05) is 34.5 Å². The molecule has 0 bridgehead atoms. The van der Waals surface area contributed by atoms with E-state index in [2.05, 4.69) is 0 Å². The number of hydrogen-bond donors (Lipinski definition) is 0. The molecule has 1 heterocycles. The quantitative estimate of drug-likeness (QED) is 0.645. The highest BCUT2D eigenvalue weighted by Crippen LogP contribution is 2.39. The van der Waals surface area contributed by atoms with Crippen LogP contribution < -0.4 is 14.2 Å². The molecule has 0 unspecified atom stereocenters. The van der Waals surface area contributed by atoms with Gasteiger partial charge in [0.2, 0.25) is 0 Å². The third kappa shape index (κ3) is 4.64. The topological polar surface area (TPSA) is 74.3 Å². The van der Waals surface area contributed by atoms with Crippen LogP contribution in [0.5, 0.6) is 17.2 Å². The van der Waals surface area contributed by atoms with Crippen molar-refractivity contribution in [1.82, 2.24) is 4.90 Å². The lowest BCUT2D eigenvalue weighted by molar-refractivity contribution is -0.144. The number of carbonyl (C=O) groups is 2. The molecule has 160 valence electrons. The van der Waals surface area contributed by atoms with Gasteiger partial charge in [0.05, 0.1) is 33.8 Å². The first-order valence-corrected chi connectivity index (χ1v) is 9.46. The smallest absolute Gasteiger partial charge is 0.307 e. The second kappa shape index (κ2) is 9.47. The predicted molar refractivity (Wildman–Crippen MR) is 106 cm³/mol. The fourth-order valence-electron chi connectivity index (χ4n) is 3.57. The molecule has 2 aromatic rings. The van der Waals surface area contributed by atoms with Crippen LogP contribution in [0.4, 0.5) is 4.39 Å². The van der Waals surface area contributed by atoms with E-state index < -0.39 is 17.8 Å². The molecule has 0 saturated heterocycles. The molecule has 0 aromatic heterocycles. The van der Waals surface area contributed by atoms with Gasteiger partial charge in [-0.3, -0.25) is 9.59 Å². The average Bonchev–Trinajstić information content (AvgIpc) is 2.76. The molecule has 30 heavy (non-hydrogen) atoms. The van der Waals surface area contributed by atoms with E-state index in [0.29, 0.717) is 24.5 Å². The van der Waals surface area contributed by atoms with E-state index in [1.807, 2.05) is 6.07 Å². The summed E-state index contributed by atoms with van der Waals surface area (Å²) in [4.78, 5) is 26.6. The minimum Gasteiger partial charge on any atom is -0.493 e. The van der Waals surface area contributed by atoms with Gasteiger partial charge in [0.1, 0.15) is 11.6 Å². The largest absolute Gasteiger partial charge is 0.493 e. The number of amides is 1. The molecule has 0 radical (unpaired) electrons. The summed E-state index contributed by atoms with van der Waals surface area (Å²) in [7, 11) is 4.39. The number of benzene rings is 2. The maximum absolute atomic E-state index is 13.3. The highest BCUT2D eigenvalue weighted by molar-refractivity contribution is 5.80. The van der Waals surface area contributed by atoms with Crippen molar-refractivity contribution >= 4 is 11.9 Å². The van der Waals surface area contributed by atoms with Crippen LogP contribution in [0.3, 0.4) is 0 Å². The first-order chi connectivity index (χ1) is 14.5. The van der Waals surface area contributed by atoms with Crippen LogP contribution >= 0.6 is 0 Å². The molecule has 0 N–H and O–H groups in total. The Morgan fingerprint density at radius 1 is 1.10 bits per heavy atom. The lowest BCUT2D eigenvalue weighted by Crippen LogP contribution is -2.43. The minimum absolute atomic E-state index is 0.00924. The molecule has 1 amide bonds. The maximum Gasteiger partial charge on any atom is 0.307 e. The molecule has 0 fully saturated rings. The SMILES string of the molecule is COC(=O)C[C@H]1c2cc(OC)c(OC)cc2CCN1C(=O)COc1cccc(F)c1. The number of rotatable bonds is 7. The summed E-state index contributed by atoms with van der Waals surface area (Å²) in [6.07, 6.45) is 0.573. The third-order valence-electron chi connectivity index (χ3n) is 5.07. The summed E-state index contributed by atoms with van der Waals surface area (Å²) in [6, 6.07) is 8.70. The van der Waals surface area contributed by atoms with Crippen LogP contribution in [-0.4, -0.2) is 51.3 Å². The fourth-order valence-corrected chi connectivity index (χ4v) is 3.57. The molecule has 0 saturated carbocycles. The van der Waals surface area contributed by atoms with Crippen LogP contribution in [0.15, 0.2) is 36.4 Å². The molecular formula is C22H24FNO6. The Morgan fingerprint density at radius 2 is 1.83 bits per heavy atom. The Bertz CT molecular complexity index is 932. The molecule has 8 heteroatoms. The summed E-state index contributed by atoms with van der Waals surface area (Å²) in [5, 5.41) is 0. The molecule has 7 nitrogen and oxygen atoms in total. The number of hydrogen-bond acceptors (Lipinski definition) is 6. The van der Waals surface area contributed by atoms with E-state index in [-0.39, 0.29) is 24.7 Å². The van der Waals surface area contributed by atoms with Gasteiger partial charge in [-0.2, -0.15) is 0 Å². The summed E-state index contributed by atoms with van der Waals surface area (Å²) in [6.45, 7) is 0.124. The zero-order valence-electron chi connectivity index (χ0n) is 17.1. The molecule has 0 spiro atoms. The zero-order valence-corrected chi connectivity index (χ0v) is 17.1. The zero-order chi connectivity index (χ0) is 21.7. The number of carbonyl (C=O) groups excluding carboxylic acids is 2. The number of fused-ring (bicyclic) bond motifs is 1. The second-order valence-electron chi connectivity index (χ2n) is 6.79. The van der Waals surface area contributed by atoms with Crippen LogP contribution in [0, 0.1) is 5.82 Å². The van der Waals surface area contributed by atoms with Gasteiger partial charge in [0.25, 0.3) is 5.91 Å². The molecule has 1 aliphatic rings. The molecule has 2 aromatic carbocycles. The Labute approximate surface area is 174 Å².